The van der Waals surface area contributed by atoms with Gasteiger partial charge in [-0.15, -0.1) is 0 Å². The van der Waals surface area contributed by atoms with E-state index in [9.17, 15) is 14.0 Å². The summed E-state index contributed by atoms with van der Waals surface area (Å²) in [5.74, 6) is -2.40. The van der Waals surface area contributed by atoms with E-state index in [-0.39, 0.29) is 29.4 Å². The lowest BCUT2D eigenvalue weighted by Crippen LogP contribution is -2.41. The predicted octanol–water partition coefficient (Wildman–Crippen LogP) is 2.07. The maximum absolute atomic E-state index is 14.0. The number of aliphatic carboxylic acids is 1. The topological polar surface area (TPSA) is 84.9 Å². The summed E-state index contributed by atoms with van der Waals surface area (Å²) in [6.45, 7) is 3.66. The van der Waals surface area contributed by atoms with Crippen LogP contribution < -0.4 is 14.8 Å². The van der Waals surface area contributed by atoms with Gasteiger partial charge < -0.3 is 19.9 Å². The van der Waals surface area contributed by atoms with Crippen molar-refractivity contribution in [3.63, 3.8) is 0 Å². The van der Waals surface area contributed by atoms with Gasteiger partial charge >= 0.3 is 5.97 Å². The van der Waals surface area contributed by atoms with Gasteiger partial charge in [0.25, 0.3) is 5.91 Å². The molecule has 0 aromatic heterocycles. The Kier molecular flexibility index (Phi) is 6.15. The normalized spacial score (nSPS) is 11.9. The number of carboxylic acid groups (broad SMARTS) is 1. The molecule has 6 nitrogen and oxygen atoms in total. The lowest BCUT2D eigenvalue weighted by atomic mass is 10.0. The van der Waals surface area contributed by atoms with Crippen LogP contribution in [0.15, 0.2) is 12.1 Å². The molecule has 1 aromatic rings. The molecule has 0 radical (unpaired) electrons. The molecule has 1 rings (SSSR count). The summed E-state index contributed by atoms with van der Waals surface area (Å²) in [4.78, 5) is 23.3. The number of hydrogen-bond acceptors (Lipinski definition) is 4. The number of nitrogens with one attached hydrogen (secondary N) is 1. The fourth-order valence-corrected chi connectivity index (χ4v) is 1.96. The zero-order valence-electron chi connectivity index (χ0n) is 13.0. The molecule has 0 aliphatic carbocycles. The van der Waals surface area contributed by atoms with Gasteiger partial charge in [-0.3, -0.25) is 4.79 Å². The third-order valence-corrected chi connectivity index (χ3v) is 3.03. The molecule has 0 unspecified atom stereocenters. The summed E-state index contributed by atoms with van der Waals surface area (Å²) in [6.07, 6.45) is 0.246. The minimum atomic E-state index is -1.16. The van der Waals surface area contributed by atoms with Crippen LogP contribution in [-0.2, 0) is 4.79 Å². The second-order valence-corrected chi connectivity index (χ2v) is 5.18. The van der Waals surface area contributed by atoms with Crippen molar-refractivity contribution < 1.29 is 28.6 Å². The molecule has 0 saturated carbocycles. The minimum absolute atomic E-state index is 0.0663. The number of carbonyl (C=O) groups is 2. The molecule has 122 valence electrons. The summed E-state index contributed by atoms with van der Waals surface area (Å²) in [6, 6.07) is 1.11. The summed E-state index contributed by atoms with van der Waals surface area (Å²) in [5, 5.41) is 11.4. The Balaban J connectivity index is 3.04. The van der Waals surface area contributed by atoms with E-state index in [1.54, 1.807) is 0 Å². The first kappa shape index (κ1) is 17.7. The highest BCUT2D eigenvalue weighted by Gasteiger charge is 2.24. The van der Waals surface area contributed by atoms with Gasteiger partial charge in [-0.25, -0.2) is 9.18 Å². The van der Waals surface area contributed by atoms with Crippen LogP contribution >= 0.6 is 0 Å². The molecule has 1 aromatic carbocycles. The number of ether oxygens (including phenoxy) is 2. The molecule has 0 bridgehead atoms. The van der Waals surface area contributed by atoms with Gasteiger partial charge in [0.15, 0.2) is 11.5 Å². The number of halogens is 1. The molecule has 0 aliphatic heterocycles. The molecule has 22 heavy (non-hydrogen) atoms. The highest BCUT2D eigenvalue weighted by molar-refractivity contribution is 5.97. The van der Waals surface area contributed by atoms with Gasteiger partial charge in [0.05, 0.1) is 19.8 Å². The number of carboxylic acids is 1. The van der Waals surface area contributed by atoms with Crippen molar-refractivity contribution in [2.75, 3.05) is 14.2 Å². The quantitative estimate of drug-likeness (QED) is 0.805. The van der Waals surface area contributed by atoms with E-state index >= 15 is 0 Å². The Labute approximate surface area is 128 Å². The highest BCUT2D eigenvalue weighted by atomic mass is 19.1. The second-order valence-electron chi connectivity index (χ2n) is 5.18. The first-order valence-electron chi connectivity index (χ1n) is 6.75. The summed E-state index contributed by atoms with van der Waals surface area (Å²) in [7, 11) is 2.70. The highest BCUT2D eigenvalue weighted by Crippen LogP contribution is 2.29. The smallest absolute Gasteiger partial charge is 0.326 e. The van der Waals surface area contributed by atoms with Gasteiger partial charge in [0, 0.05) is 6.07 Å². The Morgan fingerprint density at radius 1 is 1.23 bits per heavy atom. The van der Waals surface area contributed by atoms with E-state index in [1.165, 1.54) is 20.3 Å². The molecule has 0 heterocycles. The molecule has 7 heteroatoms. The number of carbonyl (C=O) groups excluding carboxylic acids is 1. The van der Waals surface area contributed by atoms with E-state index in [4.69, 9.17) is 14.6 Å². The maximum Gasteiger partial charge on any atom is 0.326 e. The number of amides is 1. The van der Waals surface area contributed by atoms with Crippen molar-refractivity contribution in [3.8, 4) is 11.5 Å². The van der Waals surface area contributed by atoms with Gasteiger partial charge in [-0.2, -0.15) is 0 Å². The lowest BCUT2D eigenvalue weighted by Gasteiger charge is -2.17. The Hall–Kier alpha value is -2.31. The number of methoxy groups -OCH3 is 2. The zero-order valence-corrected chi connectivity index (χ0v) is 13.0. The van der Waals surface area contributed by atoms with E-state index in [0.29, 0.717) is 0 Å². The van der Waals surface area contributed by atoms with Crippen LogP contribution in [0.25, 0.3) is 0 Å². The van der Waals surface area contributed by atoms with Crippen molar-refractivity contribution in [1.29, 1.82) is 0 Å². The maximum atomic E-state index is 14.0. The third-order valence-electron chi connectivity index (χ3n) is 3.03. The van der Waals surface area contributed by atoms with E-state index in [2.05, 4.69) is 5.32 Å². The molecule has 2 N–H and O–H groups in total. The molecule has 0 spiro atoms. The number of hydrogen-bond donors (Lipinski definition) is 2. The van der Waals surface area contributed by atoms with Crippen molar-refractivity contribution in [2.24, 2.45) is 5.92 Å². The average Bonchev–Trinajstić information content (AvgIpc) is 2.45. The van der Waals surface area contributed by atoms with Gasteiger partial charge in [-0.05, 0) is 18.4 Å². The van der Waals surface area contributed by atoms with E-state index in [1.807, 2.05) is 13.8 Å². The van der Waals surface area contributed by atoms with Crippen molar-refractivity contribution >= 4 is 11.9 Å². The van der Waals surface area contributed by atoms with E-state index in [0.717, 1.165) is 6.07 Å². The predicted molar refractivity (Wildman–Crippen MR) is 77.8 cm³/mol. The number of rotatable bonds is 7. The van der Waals surface area contributed by atoms with Crippen LogP contribution in [0.2, 0.25) is 0 Å². The SMILES string of the molecule is COc1cc(F)c(C(=O)N[C@@H](CC(C)C)C(=O)O)cc1OC. The van der Waals surface area contributed by atoms with Crippen LogP contribution in [0.1, 0.15) is 30.6 Å². The third kappa shape index (κ3) is 4.34. The van der Waals surface area contributed by atoms with Crippen LogP contribution in [0.5, 0.6) is 11.5 Å². The summed E-state index contributed by atoms with van der Waals surface area (Å²) >= 11 is 0. The molecular formula is C15H20FNO5. The Morgan fingerprint density at radius 3 is 2.23 bits per heavy atom. The molecular weight excluding hydrogens is 293 g/mol. The lowest BCUT2D eigenvalue weighted by molar-refractivity contribution is -0.139. The minimum Gasteiger partial charge on any atom is -0.493 e. The summed E-state index contributed by atoms with van der Waals surface area (Å²) in [5.41, 5.74) is -0.298. The first-order chi connectivity index (χ1) is 10.3. The number of benzene rings is 1. The monoisotopic (exact) mass is 313 g/mol. The van der Waals surface area contributed by atoms with Crippen LogP contribution in [-0.4, -0.2) is 37.2 Å². The fraction of sp³-hybridized carbons (Fsp3) is 0.467. The molecule has 0 fully saturated rings. The fourth-order valence-electron chi connectivity index (χ4n) is 1.96. The zero-order chi connectivity index (χ0) is 16.9. The molecule has 1 atom stereocenters. The van der Waals surface area contributed by atoms with Crippen molar-refractivity contribution in [3.05, 3.63) is 23.5 Å². The molecule has 1 amide bonds. The Morgan fingerprint density at radius 2 is 1.77 bits per heavy atom. The summed E-state index contributed by atoms with van der Waals surface area (Å²) < 4.78 is 23.9. The van der Waals surface area contributed by atoms with Crippen LogP contribution in [0.4, 0.5) is 4.39 Å². The first-order valence-corrected chi connectivity index (χ1v) is 6.75. The standard InChI is InChI=1S/C15H20FNO5/c1-8(2)5-11(15(19)20)17-14(18)9-6-12(21-3)13(22-4)7-10(9)16/h6-8,11H,5H2,1-4H3,(H,17,18)(H,19,20)/t11-/m0/s1. The van der Waals surface area contributed by atoms with Crippen molar-refractivity contribution in [1.82, 2.24) is 5.32 Å². The second kappa shape index (κ2) is 7.63. The van der Waals surface area contributed by atoms with E-state index < -0.39 is 23.7 Å². The van der Waals surface area contributed by atoms with Gasteiger partial charge in [-0.1, -0.05) is 13.8 Å². The van der Waals surface area contributed by atoms with Gasteiger partial charge in [0.2, 0.25) is 0 Å². The molecule has 0 saturated heterocycles. The molecule has 0 aliphatic rings. The average molecular weight is 313 g/mol. The van der Waals surface area contributed by atoms with Gasteiger partial charge in [0.1, 0.15) is 11.9 Å². The Bertz CT molecular complexity index is 559. The largest absolute Gasteiger partial charge is 0.493 e. The van der Waals surface area contributed by atoms with Crippen LogP contribution in [0, 0.1) is 11.7 Å². The van der Waals surface area contributed by atoms with Crippen LogP contribution in [0.3, 0.4) is 0 Å². The van der Waals surface area contributed by atoms with Crippen molar-refractivity contribution in [2.45, 2.75) is 26.3 Å².